The smallest absolute Gasteiger partial charge is 0.226 e. The fraction of sp³-hybridized carbons (Fsp3) is 0.444. The van der Waals surface area contributed by atoms with E-state index in [-0.39, 0.29) is 17.9 Å². The van der Waals surface area contributed by atoms with Gasteiger partial charge in [0.05, 0.1) is 27.5 Å². The molecule has 1 N–H and O–H groups in total. The van der Waals surface area contributed by atoms with Crippen molar-refractivity contribution in [2.45, 2.75) is 32.2 Å². The number of nitrogens with zero attached hydrogens (tertiary/aromatic N) is 2. The van der Waals surface area contributed by atoms with Crippen molar-refractivity contribution >= 4 is 11.7 Å². The van der Waals surface area contributed by atoms with Crippen molar-refractivity contribution in [3.05, 3.63) is 29.5 Å². The molecule has 1 aliphatic rings. The van der Waals surface area contributed by atoms with E-state index in [2.05, 4.69) is 10.4 Å². The van der Waals surface area contributed by atoms with Crippen LogP contribution in [0.1, 0.15) is 43.4 Å². The summed E-state index contributed by atoms with van der Waals surface area (Å²) in [6, 6.07) is 3.89. The fourth-order valence-corrected chi connectivity index (χ4v) is 3.31. The van der Waals surface area contributed by atoms with Gasteiger partial charge >= 0.3 is 0 Å². The van der Waals surface area contributed by atoms with Crippen LogP contribution < -0.4 is 19.5 Å². The molecular formula is C18H23N3O4. The molecule has 3 rings (SSSR count). The van der Waals surface area contributed by atoms with Gasteiger partial charge in [-0.1, -0.05) is 6.07 Å². The Morgan fingerprint density at radius 3 is 2.44 bits per heavy atom. The van der Waals surface area contributed by atoms with Crippen LogP contribution in [-0.2, 0) is 4.79 Å². The van der Waals surface area contributed by atoms with Crippen LogP contribution >= 0.6 is 0 Å². The van der Waals surface area contributed by atoms with Gasteiger partial charge in [-0.25, -0.2) is 4.68 Å². The van der Waals surface area contributed by atoms with E-state index >= 15 is 0 Å². The molecular weight excluding hydrogens is 322 g/mol. The second kappa shape index (κ2) is 6.66. The van der Waals surface area contributed by atoms with E-state index in [0.29, 0.717) is 23.7 Å². The molecule has 7 heteroatoms. The van der Waals surface area contributed by atoms with Gasteiger partial charge in [-0.3, -0.25) is 4.79 Å². The average Bonchev–Trinajstić information content (AvgIpc) is 3.03. The maximum absolute atomic E-state index is 12.3. The molecule has 1 atom stereocenters. The van der Waals surface area contributed by atoms with E-state index in [1.54, 1.807) is 21.3 Å². The predicted molar refractivity (Wildman–Crippen MR) is 93.8 cm³/mol. The van der Waals surface area contributed by atoms with Crippen molar-refractivity contribution in [1.82, 2.24) is 9.78 Å². The number of hydrogen-bond acceptors (Lipinski definition) is 5. The highest BCUT2D eigenvalue weighted by Gasteiger charge is 2.33. The number of carbonyl (C=O) groups excluding carboxylic acids is 1. The SMILES string of the molecule is COc1ccc([C@H]2CC(=O)Nc3c2cnn3C(C)C)c(OC)c1OC. The van der Waals surface area contributed by atoms with Gasteiger partial charge in [0.2, 0.25) is 11.7 Å². The van der Waals surface area contributed by atoms with Crippen LogP contribution in [0.15, 0.2) is 18.3 Å². The Morgan fingerprint density at radius 2 is 1.84 bits per heavy atom. The lowest BCUT2D eigenvalue weighted by Gasteiger charge is -2.26. The van der Waals surface area contributed by atoms with E-state index in [9.17, 15) is 4.79 Å². The molecule has 1 amide bonds. The van der Waals surface area contributed by atoms with Gasteiger partial charge < -0.3 is 19.5 Å². The molecule has 0 saturated heterocycles. The summed E-state index contributed by atoms with van der Waals surface area (Å²) in [4.78, 5) is 12.3. The minimum absolute atomic E-state index is 0.0447. The molecule has 0 fully saturated rings. The molecule has 2 heterocycles. The molecule has 0 radical (unpaired) electrons. The first-order chi connectivity index (χ1) is 12.0. The van der Waals surface area contributed by atoms with Gasteiger partial charge in [0.25, 0.3) is 0 Å². The summed E-state index contributed by atoms with van der Waals surface area (Å²) in [5.74, 6) is 2.22. The zero-order chi connectivity index (χ0) is 18.1. The minimum Gasteiger partial charge on any atom is -0.493 e. The number of nitrogens with one attached hydrogen (secondary N) is 1. The quantitative estimate of drug-likeness (QED) is 0.902. The average molecular weight is 345 g/mol. The molecule has 0 bridgehead atoms. The van der Waals surface area contributed by atoms with Gasteiger partial charge in [-0.05, 0) is 19.9 Å². The second-order valence-electron chi connectivity index (χ2n) is 6.22. The number of methoxy groups -OCH3 is 3. The molecule has 25 heavy (non-hydrogen) atoms. The number of aromatic nitrogens is 2. The molecule has 0 aliphatic carbocycles. The van der Waals surface area contributed by atoms with Gasteiger partial charge in [-0.15, -0.1) is 0 Å². The first-order valence-electron chi connectivity index (χ1n) is 8.17. The molecule has 0 saturated carbocycles. The third-order valence-electron chi connectivity index (χ3n) is 4.45. The van der Waals surface area contributed by atoms with Crippen LogP contribution in [-0.4, -0.2) is 37.0 Å². The van der Waals surface area contributed by atoms with Crippen molar-refractivity contribution in [3.63, 3.8) is 0 Å². The van der Waals surface area contributed by atoms with Crippen molar-refractivity contribution in [2.24, 2.45) is 0 Å². The predicted octanol–water partition coefficient (Wildman–Crippen LogP) is 2.96. The summed E-state index contributed by atoms with van der Waals surface area (Å²) in [5, 5.41) is 7.39. The van der Waals surface area contributed by atoms with Crippen LogP contribution in [0.25, 0.3) is 0 Å². The Kier molecular flexibility index (Phi) is 4.57. The summed E-state index contributed by atoms with van der Waals surface area (Å²) in [5.41, 5.74) is 1.85. The topological polar surface area (TPSA) is 74.6 Å². The van der Waals surface area contributed by atoms with Crippen LogP contribution in [0.4, 0.5) is 5.82 Å². The zero-order valence-electron chi connectivity index (χ0n) is 15.1. The molecule has 0 unspecified atom stereocenters. The number of ether oxygens (including phenoxy) is 3. The molecule has 134 valence electrons. The summed E-state index contributed by atoms with van der Waals surface area (Å²) in [7, 11) is 4.73. The zero-order valence-corrected chi connectivity index (χ0v) is 15.1. The Balaban J connectivity index is 2.16. The third-order valence-corrected chi connectivity index (χ3v) is 4.45. The van der Waals surface area contributed by atoms with Gasteiger partial charge in [0, 0.05) is 29.5 Å². The second-order valence-corrected chi connectivity index (χ2v) is 6.22. The molecule has 7 nitrogen and oxygen atoms in total. The number of benzene rings is 1. The van der Waals surface area contributed by atoms with Gasteiger partial charge in [0.1, 0.15) is 5.82 Å². The Hall–Kier alpha value is -2.70. The van der Waals surface area contributed by atoms with Gasteiger partial charge in [-0.2, -0.15) is 5.10 Å². The van der Waals surface area contributed by atoms with E-state index in [4.69, 9.17) is 14.2 Å². The molecule has 1 aromatic heterocycles. The minimum atomic E-state index is -0.161. The number of anilines is 1. The number of rotatable bonds is 5. The highest BCUT2D eigenvalue weighted by Crippen LogP contribution is 2.47. The Labute approximate surface area is 146 Å². The van der Waals surface area contributed by atoms with Crippen molar-refractivity contribution in [2.75, 3.05) is 26.6 Å². The Bertz CT molecular complexity index is 798. The number of carbonyl (C=O) groups is 1. The summed E-state index contributed by atoms with van der Waals surface area (Å²) < 4.78 is 18.3. The van der Waals surface area contributed by atoms with Crippen LogP contribution in [0.3, 0.4) is 0 Å². The van der Waals surface area contributed by atoms with Crippen LogP contribution in [0, 0.1) is 0 Å². The molecule has 0 spiro atoms. The maximum atomic E-state index is 12.3. The lowest BCUT2D eigenvalue weighted by molar-refractivity contribution is -0.116. The first-order valence-corrected chi connectivity index (χ1v) is 8.17. The van der Waals surface area contributed by atoms with Crippen LogP contribution in [0.2, 0.25) is 0 Å². The van der Waals surface area contributed by atoms with E-state index in [1.165, 1.54) is 0 Å². The van der Waals surface area contributed by atoms with Gasteiger partial charge in [0.15, 0.2) is 11.5 Å². The summed E-state index contributed by atoms with van der Waals surface area (Å²) >= 11 is 0. The van der Waals surface area contributed by atoms with Crippen molar-refractivity contribution in [1.29, 1.82) is 0 Å². The largest absolute Gasteiger partial charge is 0.493 e. The van der Waals surface area contributed by atoms with Crippen LogP contribution in [0.5, 0.6) is 17.2 Å². The highest BCUT2D eigenvalue weighted by atomic mass is 16.5. The summed E-state index contributed by atoms with van der Waals surface area (Å²) in [6.07, 6.45) is 2.14. The number of amides is 1. The highest BCUT2D eigenvalue weighted by molar-refractivity contribution is 5.94. The number of fused-ring (bicyclic) bond motifs is 1. The van der Waals surface area contributed by atoms with E-state index in [1.807, 2.05) is 36.9 Å². The van der Waals surface area contributed by atoms with E-state index in [0.717, 1.165) is 16.9 Å². The first kappa shape index (κ1) is 17.1. The van der Waals surface area contributed by atoms with Crippen molar-refractivity contribution in [3.8, 4) is 17.2 Å². The summed E-state index contributed by atoms with van der Waals surface area (Å²) in [6.45, 7) is 4.06. The number of hydrogen-bond donors (Lipinski definition) is 1. The normalized spacial score (nSPS) is 16.4. The fourth-order valence-electron chi connectivity index (χ4n) is 3.31. The maximum Gasteiger partial charge on any atom is 0.226 e. The lowest BCUT2D eigenvalue weighted by atomic mass is 9.86. The molecule has 1 aromatic carbocycles. The monoisotopic (exact) mass is 345 g/mol. The molecule has 1 aliphatic heterocycles. The Morgan fingerprint density at radius 1 is 1.12 bits per heavy atom. The molecule has 2 aromatic rings. The lowest BCUT2D eigenvalue weighted by Crippen LogP contribution is -2.25. The van der Waals surface area contributed by atoms with E-state index < -0.39 is 0 Å². The third kappa shape index (κ3) is 2.79. The van der Waals surface area contributed by atoms with Crippen molar-refractivity contribution < 1.29 is 19.0 Å². The standard InChI is InChI=1S/C18H23N3O4/c1-10(2)21-18-13(9-19-21)12(8-15(22)20-18)11-6-7-14(23-3)17(25-5)16(11)24-4/h6-7,9-10,12H,8H2,1-5H3,(H,20,22)/t12-/m1/s1.